The van der Waals surface area contributed by atoms with E-state index in [9.17, 15) is 13.2 Å². The van der Waals surface area contributed by atoms with Crippen molar-refractivity contribution in [1.29, 1.82) is 0 Å². The van der Waals surface area contributed by atoms with E-state index in [1.54, 1.807) is 24.4 Å². The third-order valence-corrected chi connectivity index (χ3v) is 2.45. The maximum Gasteiger partial charge on any atom is 0.416 e. The molecule has 17 heavy (non-hydrogen) atoms. The minimum Gasteiger partial charge on any atom is -0.390 e. The van der Waals surface area contributed by atoms with Crippen LogP contribution in [-0.4, -0.2) is 9.67 Å². The molecule has 1 aromatic carbocycles. The molecule has 2 rings (SSSR count). The van der Waals surface area contributed by atoms with Gasteiger partial charge in [-0.05, 0) is 30.3 Å². The SMILES string of the molecule is OCc1cccn1-c1cccc(C(F)(F)F)c1. The van der Waals surface area contributed by atoms with Crippen molar-refractivity contribution in [3.63, 3.8) is 0 Å². The molecule has 0 aliphatic carbocycles. The molecule has 0 radical (unpaired) electrons. The van der Waals surface area contributed by atoms with E-state index in [1.807, 2.05) is 0 Å². The highest BCUT2D eigenvalue weighted by Crippen LogP contribution is 2.30. The summed E-state index contributed by atoms with van der Waals surface area (Å²) in [4.78, 5) is 0. The summed E-state index contributed by atoms with van der Waals surface area (Å²) >= 11 is 0. The molecule has 0 fully saturated rings. The lowest BCUT2D eigenvalue weighted by molar-refractivity contribution is -0.137. The number of aliphatic hydroxyl groups is 1. The lowest BCUT2D eigenvalue weighted by Crippen LogP contribution is -2.06. The van der Waals surface area contributed by atoms with Crippen molar-refractivity contribution in [1.82, 2.24) is 4.57 Å². The lowest BCUT2D eigenvalue weighted by Gasteiger charge is -2.11. The smallest absolute Gasteiger partial charge is 0.390 e. The van der Waals surface area contributed by atoms with Gasteiger partial charge in [-0.25, -0.2) is 0 Å². The maximum atomic E-state index is 12.5. The van der Waals surface area contributed by atoms with Crippen molar-refractivity contribution >= 4 is 0 Å². The Morgan fingerprint density at radius 3 is 2.53 bits per heavy atom. The second kappa shape index (κ2) is 4.25. The van der Waals surface area contributed by atoms with E-state index in [1.165, 1.54) is 10.6 Å². The Morgan fingerprint density at radius 1 is 1.12 bits per heavy atom. The second-order valence-corrected chi connectivity index (χ2v) is 3.58. The van der Waals surface area contributed by atoms with Crippen LogP contribution in [0.3, 0.4) is 0 Å². The zero-order valence-electron chi connectivity index (χ0n) is 8.78. The number of aromatic nitrogens is 1. The van der Waals surface area contributed by atoms with Crippen molar-refractivity contribution in [2.75, 3.05) is 0 Å². The summed E-state index contributed by atoms with van der Waals surface area (Å²) in [5.41, 5.74) is 0.228. The number of alkyl halides is 3. The number of halogens is 3. The highest BCUT2D eigenvalue weighted by atomic mass is 19.4. The van der Waals surface area contributed by atoms with Gasteiger partial charge in [0.25, 0.3) is 0 Å². The predicted octanol–water partition coefficient (Wildman–Crippen LogP) is 2.99. The first-order valence-electron chi connectivity index (χ1n) is 4.97. The van der Waals surface area contributed by atoms with Crippen molar-refractivity contribution in [2.45, 2.75) is 12.8 Å². The fourth-order valence-electron chi connectivity index (χ4n) is 1.63. The van der Waals surface area contributed by atoms with Crippen LogP contribution in [0.1, 0.15) is 11.3 Å². The van der Waals surface area contributed by atoms with E-state index >= 15 is 0 Å². The van der Waals surface area contributed by atoms with Crippen LogP contribution in [0.15, 0.2) is 42.6 Å². The van der Waals surface area contributed by atoms with E-state index < -0.39 is 11.7 Å². The number of hydrogen-bond donors (Lipinski definition) is 1. The van der Waals surface area contributed by atoms with E-state index in [2.05, 4.69) is 0 Å². The van der Waals surface area contributed by atoms with Crippen molar-refractivity contribution in [3.8, 4) is 5.69 Å². The van der Waals surface area contributed by atoms with Crippen LogP contribution in [0.4, 0.5) is 13.2 Å². The quantitative estimate of drug-likeness (QED) is 0.859. The molecule has 0 atom stereocenters. The lowest BCUT2D eigenvalue weighted by atomic mass is 10.2. The fraction of sp³-hybridized carbons (Fsp3) is 0.167. The van der Waals surface area contributed by atoms with Gasteiger partial charge in [-0.3, -0.25) is 0 Å². The van der Waals surface area contributed by atoms with Crippen LogP contribution >= 0.6 is 0 Å². The molecule has 1 N–H and O–H groups in total. The van der Waals surface area contributed by atoms with Crippen LogP contribution in [0.5, 0.6) is 0 Å². The van der Waals surface area contributed by atoms with Gasteiger partial charge in [-0.2, -0.15) is 13.2 Å². The van der Waals surface area contributed by atoms with E-state index in [0.29, 0.717) is 11.4 Å². The first-order chi connectivity index (χ1) is 8.02. The monoisotopic (exact) mass is 241 g/mol. The Hall–Kier alpha value is -1.75. The molecule has 5 heteroatoms. The summed E-state index contributed by atoms with van der Waals surface area (Å²) in [5.74, 6) is 0. The maximum absolute atomic E-state index is 12.5. The molecule has 2 aromatic rings. The number of benzene rings is 1. The van der Waals surface area contributed by atoms with Gasteiger partial charge >= 0.3 is 6.18 Å². The third kappa shape index (κ3) is 2.34. The molecule has 0 bridgehead atoms. The summed E-state index contributed by atoms with van der Waals surface area (Å²) in [5, 5.41) is 9.05. The number of rotatable bonds is 2. The summed E-state index contributed by atoms with van der Waals surface area (Å²) in [6.07, 6.45) is -2.75. The number of nitrogens with zero attached hydrogens (tertiary/aromatic N) is 1. The zero-order valence-corrected chi connectivity index (χ0v) is 8.78. The zero-order chi connectivity index (χ0) is 12.5. The van der Waals surface area contributed by atoms with Crippen LogP contribution in [0.2, 0.25) is 0 Å². The Bertz CT molecular complexity index is 516. The Morgan fingerprint density at radius 2 is 1.88 bits per heavy atom. The Kier molecular flexibility index (Phi) is 2.93. The standard InChI is InChI=1S/C12H10F3NO/c13-12(14,15)9-3-1-4-10(7-9)16-6-2-5-11(16)8-17/h1-7,17H,8H2. The van der Waals surface area contributed by atoms with Crippen molar-refractivity contribution < 1.29 is 18.3 Å². The van der Waals surface area contributed by atoms with Gasteiger partial charge in [0, 0.05) is 17.6 Å². The Balaban J connectivity index is 2.47. The van der Waals surface area contributed by atoms with Gasteiger partial charge < -0.3 is 9.67 Å². The highest BCUT2D eigenvalue weighted by molar-refractivity contribution is 5.39. The Labute approximate surface area is 95.9 Å². The van der Waals surface area contributed by atoms with E-state index in [4.69, 9.17) is 5.11 Å². The normalized spacial score (nSPS) is 11.8. The van der Waals surface area contributed by atoms with E-state index in [0.717, 1.165) is 12.1 Å². The van der Waals surface area contributed by atoms with Gasteiger partial charge in [-0.15, -0.1) is 0 Å². The fourth-order valence-corrected chi connectivity index (χ4v) is 1.63. The molecule has 1 aromatic heterocycles. The van der Waals surface area contributed by atoms with Crippen LogP contribution < -0.4 is 0 Å². The summed E-state index contributed by atoms with van der Waals surface area (Å²) in [6, 6.07) is 8.31. The van der Waals surface area contributed by atoms with Gasteiger partial charge in [0.15, 0.2) is 0 Å². The molecule has 0 saturated heterocycles. The first-order valence-corrected chi connectivity index (χ1v) is 4.97. The molecule has 2 nitrogen and oxygen atoms in total. The average molecular weight is 241 g/mol. The van der Waals surface area contributed by atoms with Gasteiger partial charge in [-0.1, -0.05) is 6.07 Å². The topological polar surface area (TPSA) is 25.2 Å². The first kappa shape index (κ1) is 11.7. The molecule has 90 valence electrons. The molecular weight excluding hydrogens is 231 g/mol. The summed E-state index contributed by atoms with van der Waals surface area (Å²) < 4.78 is 39.1. The molecule has 0 spiro atoms. The molecular formula is C12H10F3NO. The number of hydrogen-bond acceptors (Lipinski definition) is 1. The molecule has 0 unspecified atom stereocenters. The van der Waals surface area contributed by atoms with E-state index in [-0.39, 0.29) is 6.61 Å². The third-order valence-electron chi connectivity index (χ3n) is 2.45. The van der Waals surface area contributed by atoms with Crippen molar-refractivity contribution in [3.05, 3.63) is 53.9 Å². The minimum atomic E-state index is -4.36. The highest BCUT2D eigenvalue weighted by Gasteiger charge is 2.30. The average Bonchev–Trinajstić information content (AvgIpc) is 2.76. The molecule has 0 aliphatic heterocycles. The molecule has 1 heterocycles. The van der Waals surface area contributed by atoms with Gasteiger partial charge in [0.05, 0.1) is 12.2 Å². The minimum absolute atomic E-state index is 0.219. The summed E-state index contributed by atoms with van der Waals surface area (Å²) in [7, 11) is 0. The van der Waals surface area contributed by atoms with Crippen LogP contribution in [-0.2, 0) is 12.8 Å². The molecule has 0 saturated carbocycles. The van der Waals surface area contributed by atoms with Crippen LogP contribution in [0, 0.1) is 0 Å². The van der Waals surface area contributed by atoms with Gasteiger partial charge in [0.2, 0.25) is 0 Å². The predicted molar refractivity (Wildman–Crippen MR) is 56.7 cm³/mol. The van der Waals surface area contributed by atoms with Crippen molar-refractivity contribution in [2.24, 2.45) is 0 Å². The number of aliphatic hydroxyl groups excluding tert-OH is 1. The molecule has 0 amide bonds. The van der Waals surface area contributed by atoms with Crippen LogP contribution in [0.25, 0.3) is 5.69 Å². The molecule has 0 aliphatic rings. The second-order valence-electron chi connectivity index (χ2n) is 3.58. The largest absolute Gasteiger partial charge is 0.416 e. The summed E-state index contributed by atoms with van der Waals surface area (Å²) in [6.45, 7) is -0.219. The van der Waals surface area contributed by atoms with Gasteiger partial charge in [0.1, 0.15) is 0 Å².